The van der Waals surface area contributed by atoms with Gasteiger partial charge < -0.3 is 10.8 Å². The number of ketones is 1. The lowest BCUT2D eigenvalue weighted by atomic mass is 9.96. The first-order chi connectivity index (χ1) is 8.61. The molecule has 92 valence electrons. The van der Waals surface area contributed by atoms with Crippen molar-refractivity contribution < 1.29 is 9.90 Å². The van der Waals surface area contributed by atoms with Crippen molar-refractivity contribution in [2.75, 3.05) is 5.73 Å². The van der Waals surface area contributed by atoms with E-state index in [4.69, 9.17) is 5.73 Å². The zero-order valence-electron chi connectivity index (χ0n) is 10.1. The highest BCUT2D eigenvalue weighted by molar-refractivity contribution is 6.00. The number of carbonyl (C=O) groups excluding carboxylic acids is 1. The van der Waals surface area contributed by atoms with Gasteiger partial charge in [-0.2, -0.15) is 0 Å². The first-order valence-electron chi connectivity index (χ1n) is 5.73. The molecule has 0 aliphatic carbocycles. The van der Waals surface area contributed by atoms with Gasteiger partial charge in [0.2, 0.25) is 0 Å². The summed E-state index contributed by atoms with van der Waals surface area (Å²) >= 11 is 0. The second-order valence-electron chi connectivity index (χ2n) is 4.19. The highest BCUT2D eigenvalue weighted by Gasteiger charge is 2.21. The van der Waals surface area contributed by atoms with Crippen LogP contribution in [0.1, 0.15) is 27.6 Å². The predicted octanol–water partition coefficient (Wildman–Crippen LogP) is 2.49. The van der Waals surface area contributed by atoms with Gasteiger partial charge in [0.1, 0.15) is 6.10 Å². The Morgan fingerprint density at radius 3 is 2.44 bits per heavy atom. The van der Waals surface area contributed by atoms with Gasteiger partial charge in [-0.05, 0) is 24.1 Å². The summed E-state index contributed by atoms with van der Waals surface area (Å²) in [6.45, 7) is 1.80. The number of hydrogen-bond donors (Lipinski definition) is 2. The average molecular weight is 241 g/mol. The van der Waals surface area contributed by atoms with Gasteiger partial charge in [0, 0.05) is 11.3 Å². The smallest absolute Gasteiger partial charge is 0.195 e. The van der Waals surface area contributed by atoms with E-state index in [1.807, 2.05) is 6.07 Å². The lowest BCUT2D eigenvalue weighted by molar-refractivity contribution is 0.0746. The van der Waals surface area contributed by atoms with Crippen LogP contribution in [-0.4, -0.2) is 10.9 Å². The number of anilines is 1. The molecule has 0 saturated carbocycles. The maximum atomic E-state index is 12.1. The molecule has 2 aromatic rings. The Labute approximate surface area is 106 Å². The maximum absolute atomic E-state index is 12.1. The van der Waals surface area contributed by atoms with Crippen LogP contribution in [0.3, 0.4) is 0 Å². The van der Waals surface area contributed by atoms with Crippen LogP contribution in [0.15, 0.2) is 48.5 Å². The van der Waals surface area contributed by atoms with Gasteiger partial charge in [0.25, 0.3) is 0 Å². The molecule has 0 saturated heterocycles. The number of aliphatic hydroxyl groups is 1. The number of Topliss-reactive ketones (excluding diaryl/α,β-unsaturated/α-hetero) is 1. The van der Waals surface area contributed by atoms with Crippen molar-refractivity contribution in [3.05, 3.63) is 65.2 Å². The number of benzene rings is 2. The van der Waals surface area contributed by atoms with Gasteiger partial charge in [-0.15, -0.1) is 0 Å². The van der Waals surface area contributed by atoms with E-state index in [1.54, 1.807) is 49.4 Å². The Morgan fingerprint density at radius 1 is 1.11 bits per heavy atom. The minimum atomic E-state index is -1.17. The van der Waals surface area contributed by atoms with Crippen LogP contribution >= 0.6 is 0 Å². The van der Waals surface area contributed by atoms with Gasteiger partial charge >= 0.3 is 0 Å². The van der Waals surface area contributed by atoms with E-state index in [9.17, 15) is 9.90 Å². The third-order valence-electron chi connectivity index (χ3n) is 3.02. The summed E-state index contributed by atoms with van der Waals surface area (Å²) in [5, 5.41) is 10.1. The van der Waals surface area contributed by atoms with E-state index in [1.165, 1.54) is 0 Å². The van der Waals surface area contributed by atoms with E-state index >= 15 is 0 Å². The van der Waals surface area contributed by atoms with Crippen molar-refractivity contribution in [1.82, 2.24) is 0 Å². The fraction of sp³-hybridized carbons (Fsp3) is 0.133. The molecule has 3 heteroatoms. The molecule has 0 fully saturated rings. The predicted molar refractivity (Wildman–Crippen MR) is 71.3 cm³/mol. The second-order valence-corrected chi connectivity index (χ2v) is 4.19. The van der Waals surface area contributed by atoms with E-state index in [-0.39, 0.29) is 5.78 Å². The molecule has 3 N–H and O–H groups in total. The van der Waals surface area contributed by atoms with Gasteiger partial charge in [0.15, 0.2) is 5.78 Å². The van der Waals surface area contributed by atoms with Crippen LogP contribution in [0, 0.1) is 6.92 Å². The SMILES string of the molecule is Cc1c(N)cccc1C(O)C(=O)c1ccccc1. The third kappa shape index (κ3) is 2.26. The topological polar surface area (TPSA) is 63.3 Å². The molecule has 0 aromatic heterocycles. The molecule has 0 radical (unpaired) electrons. The molecule has 2 aromatic carbocycles. The molecule has 0 bridgehead atoms. The number of rotatable bonds is 3. The van der Waals surface area contributed by atoms with Crippen LogP contribution in [0.25, 0.3) is 0 Å². The van der Waals surface area contributed by atoms with Crippen LogP contribution in [0.5, 0.6) is 0 Å². The van der Waals surface area contributed by atoms with E-state index < -0.39 is 6.10 Å². The Kier molecular flexibility index (Phi) is 3.44. The first-order valence-corrected chi connectivity index (χ1v) is 5.73. The molecule has 1 unspecified atom stereocenters. The summed E-state index contributed by atoms with van der Waals surface area (Å²) in [6, 6.07) is 13.9. The van der Waals surface area contributed by atoms with Gasteiger partial charge in [-0.25, -0.2) is 0 Å². The van der Waals surface area contributed by atoms with Crippen molar-refractivity contribution in [1.29, 1.82) is 0 Å². The lowest BCUT2D eigenvalue weighted by Crippen LogP contribution is -2.14. The summed E-state index contributed by atoms with van der Waals surface area (Å²) in [7, 11) is 0. The molecular formula is C15H15NO2. The summed E-state index contributed by atoms with van der Waals surface area (Å²) < 4.78 is 0. The van der Waals surface area contributed by atoms with Crippen molar-refractivity contribution >= 4 is 11.5 Å². The fourth-order valence-corrected chi connectivity index (χ4v) is 1.87. The molecule has 0 aliphatic rings. The van der Waals surface area contributed by atoms with Crippen LogP contribution < -0.4 is 5.73 Å². The first kappa shape index (κ1) is 12.3. The van der Waals surface area contributed by atoms with Crippen LogP contribution in [0.2, 0.25) is 0 Å². The normalized spacial score (nSPS) is 12.1. The van der Waals surface area contributed by atoms with E-state index in [0.29, 0.717) is 16.8 Å². The van der Waals surface area contributed by atoms with Gasteiger partial charge in [-0.1, -0.05) is 42.5 Å². The molecule has 0 amide bonds. The van der Waals surface area contributed by atoms with Crippen molar-refractivity contribution in [2.45, 2.75) is 13.0 Å². The molecule has 0 spiro atoms. The fourth-order valence-electron chi connectivity index (χ4n) is 1.87. The van der Waals surface area contributed by atoms with Crippen molar-refractivity contribution in [3.8, 4) is 0 Å². The number of nitrogen functional groups attached to an aromatic ring is 1. The number of aliphatic hydroxyl groups excluding tert-OH is 1. The molecule has 0 heterocycles. The van der Waals surface area contributed by atoms with Crippen molar-refractivity contribution in [3.63, 3.8) is 0 Å². The van der Waals surface area contributed by atoms with E-state index in [0.717, 1.165) is 5.56 Å². The minimum absolute atomic E-state index is 0.315. The number of nitrogens with two attached hydrogens (primary N) is 1. The highest BCUT2D eigenvalue weighted by atomic mass is 16.3. The zero-order valence-corrected chi connectivity index (χ0v) is 10.1. The van der Waals surface area contributed by atoms with E-state index in [2.05, 4.69) is 0 Å². The summed E-state index contributed by atoms with van der Waals surface area (Å²) in [4.78, 5) is 12.1. The van der Waals surface area contributed by atoms with Gasteiger partial charge in [0.05, 0.1) is 0 Å². The molecule has 1 atom stereocenters. The molecule has 18 heavy (non-hydrogen) atoms. The molecule has 3 nitrogen and oxygen atoms in total. The lowest BCUT2D eigenvalue weighted by Gasteiger charge is -2.14. The van der Waals surface area contributed by atoms with Crippen molar-refractivity contribution in [2.24, 2.45) is 0 Å². The average Bonchev–Trinajstić information content (AvgIpc) is 2.41. The summed E-state index contributed by atoms with van der Waals surface area (Å²) in [5.41, 5.74) is 8.15. The Balaban J connectivity index is 2.35. The Hall–Kier alpha value is -2.13. The Bertz CT molecular complexity index is 564. The molecule has 0 aliphatic heterocycles. The van der Waals surface area contributed by atoms with Gasteiger partial charge in [-0.3, -0.25) is 4.79 Å². The minimum Gasteiger partial charge on any atom is -0.399 e. The third-order valence-corrected chi connectivity index (χ3v) is 3.02. The Morgan fingerprint density at radius 2 is 1.78 bits per heavy atom. The number of carbonyl (C=O) groups is 1. The molecular weight excluding hydrogens is 226 g/mol. The standard InChI is InChI=1S/C15H15NO2/c1-10-12(8-5-9-13(10)16)15(18)14(17)11-6-3-2-4-7-11/h2-9,15,18H,16H2,1H3. The summed E-state index contributed by atoms with van der Waals surface area (Å²) in [6.07, 6.45) is -1.17. The van der Waals surface area contributed by atoms with Crippen LogP contribution in [0.4, 0.5) is 5.69 Å². The number of hydrogen-bond acceptors (Lipinski definition) is 3. The largest absolute Gasteiger partial charge is 0.399 e. The second kappa shape index (κ2) is 5.02. The van der Waals surface area contributed by atoms with Crippen LogP contribution in [-0.2, 0) is 0 Å². The zero-order chi connectivity index (χ0) is 13.1. The summed E-state index contributed by atoms with van der Waals surface area (Å²) in [5.74, 6) is -0.315. The maximum Gasteiger partial charge on any atom is 0.195 e. The quantitative estimate of drug-likeness (QED) is 0.641. The monoisotopic (exact) mass is 241 g/mol. The molecule has 2 rings (SSSR count). The highest BCUT2D eigenvalue weighted by Crippen LogP contribution is 2.25.